The van der Waals surface area contributed by atoms with Gasteiger partial charge in [0.2, 0.25) is 0 Å². The van der Waals surface area contributed by atoms with Crippen LogP contribution in [-0.4, -0.2) is 62.1 Å². The van der Waals surface area contributed by atoms with Crippen LogP contribution in [0.3, 0.4) is 0 Å². The predicted octanol–water partition coefficient (Wildman–Crippen LogP) is 9.19. The number of ether oxygens (including phenoxy) is 3. The molecule has 10 heteroatoms. The molecule has 56 heavy (non-hydrogen) atoms. The third kappa shape index (κ3) is 8.31. The minimum atomic E-state index is -4.47. The molecule has 290 valence electrons. The van der Waals surface area contributed by atoms with Crippen molar-refractivity contribution < 1.29 is 32.2 Å². The van der Waals surface area contributed by atoms with Gasteiger partial charge in [-0.2, -0.15) is 13.2 Å². The first-order valence-corrected chi connectivity index (χ1v) is 19.2. The number of alkyl halides is 3. The van der Waals surface area contributed by atoms with E-state index in [0.717, 1.165) is 81.8 Å². The van der Waals surface area contributed by atoms with Crippen LogP contribution in [0, 0.1) is 5.92 Å². The van der Waals surface area contributed by atoms with Crippen LogP contribution in [0.2, 0.25) is 0 Å². The highest BCUT2D eigenvalue weighted by molar-refractivity contribution is 6.13. The lowest BCUT2D eigenvalue weighted by molar-refractivity contribution is -0.193. The van der Waals surface area contributed by atoms with Gasteiger partial charge in [0, 0.05) is 71.5 Å². The van der Waals surface area contributed by atoms with Crippen LogP contribution in [0.5, 0.6) is 0 Å². The van der Waals surface area contributed by atoms with Crippen LogP contribution < -0.4 is 5.32 Å². The maximum absolute atomic E-state index is 14.5. The molecule has 5 aromatic rings. The van der Waals surface area contributed by atoms with E-state index in [1.54, 1.807) is 20.3 Å². The molecule has 0 radical (unpaired) electrons. The van der Waals surface area contributed by atoms with Crippen molar-refractivity contribution in [1.82, 2.24) is 9.80 Å². The molecule has 8 rings (SSSR count). The van der Waals surface area contributed by atoms with Crippen molar-refractivity contribution >= 4 is 11.6 Å². The van der Waals surface area contributed by atoms with Crippen LogP contribution in [0.15, 0.2) is 109 Å². The van der Waals surface area contributed by atoms with Crippen LogP contribution in [0.1, 0.15) is 50.2 Å². The Hall–Kier alpha value is -4.84. The lowest BCUT2D eigenvalue weighted by Gasteiger charge is -2.32. The number of anilines is 1. The van der Waals surface area contributed by atoms with Gasteiger partial charge in [0.05, 0.1) is 11.1 Å². The molecule has 0 spiro atoms. The maximum atomic E-state index is 14.5. The third-order valence-corrected chi connectivity index (χ3v) is 11.4. The summed E-state index contributed by atoms with van der Waals surface area (Å²) >= 11 is 0. The van der Waals surface area contributed by atoms with Gasteiger partial charge >= 0.3 is 6.18 Å². The van der Waals surface area contributed by atoms with Gasteiger partial charge < -0.3 is 19.5 Å². The van der Waals surface area contributed by atoms with Crippen LogP contribution in [0.25, 0.3) is 22.3 Å². The molecule has 0 aromatic heterocycles. The summed E-state index contributed by atoms with van der Waals surface area (Å²) in [5.41, 5.74) is 9.19. The molecule has 0 aliphatic carbocycles. The van der Waals surface area contributed by atoms with E-state index in [4.69, 9.17) is 14.2 Å². The number of fused-ring (bicyclic) bond motifs is 2. The topological polar surface area (TPSA) is 63.3 Å². The lowest BCUT2D eigenvalue weighted by atomic mass is 9.88. The fraction of sp³-hybridized carbons (Fsp3) is 0.326. The standard InChI is InChI=1S/C46H46F3N3O4/c1-54-42-25-37(45(55-2)56-42)29-52-22-19-32-23-34(11-12-35(32)28-52)41-10-6-9-40(31-13-16-38(17-14-31)46(47,48)49)43(41)44(53)50-39-18-15-36-27-51(21-20-33(36)24-39)26-30-7-4-3-5-8-30/h3-18,23-24,37,42,45H,19-22,25-29H2,1-2H3,(H,50,53). The molecular formula is C46H46F3N3O4. The minimum Gasteiger partial charge on any atom is -0.356 e. The zero-order chi connectivity index (χ0) is 38.8. The first-order valence-electron chi connectivity index (χ1n) is 19.2. The average Bonchev–Trinajstić information content (AvgIpc) is 3.62. The van der Waals surface area contributed by atoms with Crippen molar-refractivity contribution in [2.24, 2.45) is 5.92 Å². The van der Waals surface area contributed by atoms with E-state index in [0.29, 0.717) is 22.4 Å². The number of halogens is 3. The van der Waals surface area contributed by atoms with E-state index in [-0.39, 0.29) is 24.4 Å². The smallest absolute Gasteiger partial charge is 0.356 e. The number of hydrogen-bond acceptors (Lipinski definition) is 6. The van der Waals surface area contributed by atoms with Gasteiger partial charge in [-0.1, -0.05) is 84.9 Å². The largest absolute Gasteiger partial charge is 0.416 e. The summed E-state index contributed by atoms with van der Waals surface area (Å²) < 4.78 is 57.5. The second kappa shape index (κ2) is 16.3. The second-order valence-corrected chi connectivity index (χ2v) is 15.1. The molecule has 3 unspecified atom stereocenters. The van der Waals surface area contributed by atoms with Gasteiger partial charge in [0.15, 0.2) is 12.6 Å². The number of benzene rings is 5. The van der Waals surface area contributed by atoms with Crippen LogP contribution in [0.4, 0.5) is 18.9 Å². The fourth-order valence-corrected chi connectivity index (χ4v) is 8.48. The normalized spacial score (nSPS) is 20.1. The zero-order valence-electron chi connectivity index (χ0n) is 31.6. The lowest BCUT2D eigenvalue weighted by Crippen LogP contribution is -2.37. The Morgan fingerprint density at radius 3 is 2.12 bits per heavy atom. The van der Waals surface area contributed by atoms with E-state index < -0.39 is 11.7 Å². The molecule has 0 bridgehead atoms. The molecule has 3 heterocycles. The Balaban J connectivity index is 1.06. The molecule has 7 nitrogen and oxygen atoms in total. The predicted molar refractivity (Wildman–Crippen MR) is 211 cm³/mol. The van der Waals surface area contributed by atoms with Crippen molar-refractivity contribution in [3.8, 4) is 22.3 Å². The first-order chi connectivity index (χ1) is 27.1. The quantitative estimate of drug-likeness (QED) is 0.153. The summed E-state index contributed by atoms with van der Waals surface area (Å²) in [5, 5.41) is 3.16. The summed E-state index contributed by atoms with van der Waals surface area (Å²) in [6, 6.07) is 33.5. The monoisotopic (exact) mass is 761 g/mol. The van der Waals surface area contributed by atoms with Crippen molar-refractivity contribution in [1.29, 1.82) is 0 Å². The molecule has 0 saturated carbocycles. The summed E-state index contributed by atoms with van der Waals surface area (Å²) in [6.07, 6.45) is -2.57. The first kappa shape index (κ1) is 38.1. The van der Waals surface area contributed by atoms with Crippen molar-refractivity contribution in [3.05, 3.63) is 148 Å². The van der Waals surface area contributed by atoms with Crippen molar-refractivity contribution in [3.63, 3.8) is 0 Å². The highest BCUT2D eigenvalue weighted by Gasteiger charge is 2.37. The summed E-state index contributed by atoms with van der Waals surface area (Å²) in [4.78, 5) is 19.4. The van der Waals surface area contributed by atoms with Gasteiger partial charge in [-0.15, -0.1) is 0 Å². The average molecular weight is 762 g/mol. The Morgan fingerprint density at radius 2 is 1.41 bits per heavy atom. The number of carbonyl (C=O) groups is 1. The van der Waals surface area contributed by atoms with Crippen LogP contribution >= 0.6 is 0 Å². The number of methoxy groups -OCH3 is 2. The zero-order valence-corrected chi connectivity index (χ0v) is 31.6. The van der Waals surface area contributed by atoms with Gasteiger partial charge in [-0.25, -0.2) is 0 Å². The SMILES string of the molecule is COC1CC(CN2CCc3cc(-c4cccc(-c5ccc(C(F)(F)F)cc5)c4C(=O)Nc4ccc5c(c4)CCN(Cc4ccccc4)C5)ccc3C2)C(OC)O1. The number of nitrogens with zero attached hydrogens (tertiary/aromatic N) is 2. The number of nitrogens with one attached hydrogen (secondary N) is 1. The number of hydrogen-bond donors (Lipinski definition) is 1. The third-order valence-electron chi connectivity index (χ3n) is 11.4. The van der Waals surface area contributed by atoms with E-state index in [1.165, 1.54) is 39.9 Å². The fourth-order valence-electron chi connectivity index (χ4n) is 8.48. The number of carbonyl (C=O) groups excluding carboxylic acids is 1. The van der Waals surface area contributed by atoms with E-state index in [9.17, 15) is 18.0 Å². The molecule has 3 aliphatic heterocycles. The van der Waals surface area contributed by atoms with E-state index >= 15 is 0 Å². The number of amides is 1. The molecule has 1 fully saturated rings. The van der Waals surface area contributed by atoms with Gasteiger partial charge in [-0.3, -0.25) is 14.6 Å². The maximum Gasteiger partial charge on any atom is 0.416 e. The Kier molecular flexibility index (Phi) is 11.1. The molecular weight excluding hydrogens is 716 g/mol. The highest BCUT2D eigenvalue weighted by atomic mass is 19.4. The number of rotatable bonds is 10. The van der Waals surface area contributed by atoms with E-state index in [1.807, 2.05) is 30.3 Å². The van der Waals surface area contributed by atoms with Crippen molar-refractivity contribution in [2.45, 2.75) is 57.7 Å². The summed E-state index contributed by atoms with van der Waals surface area (Å²) in [7, 11) is 3.31. The molecule has 3 aliphatic rings. The Morgan fingerprint density at radius 1 is 0.750 bits per heavy atom. The van der Waals surface area contributed by atoms with Gasteiger partial charge in [-0.05, 0) is 87.2 Å². The van der Waals surface area contributed by atoms with E-state index in [2.05, 4.69) is 63.6 Å². The molecule has 1 saturated heterocycles. The minimum absolute atomic E-state index is 0.198. The van der Waals surface area contributed by atoms with Crippen LogP contribution in [-0.2, 0) is 52.9 Å². The van der Waals surface area contributed by atoms with Crippen molar-refractivity contribution in [2.75, 3.05) is 39.2 Å². The molecule has 1 N–H and O–H groups in total. The Labute approximate surface area is 326 Å². The van der Waals surface area contributed by atoms with Gasteiger partial charge in [0.25, 0.3) is 5.91 Å². The molecule has 5 aromatic carbocycles. The highest BCUT2D eigenvalue weighted by Crippen LogP contribution is 2.38. The molecule has 3 atom stereocenters. The second-order valence-electron chi connectivity index (χ2n) is 15.1. The summed E-state index contributed by atoms with van der Waals surface area (Å²) in [6.45, 7) is 5.08. The Bertz CT molecular complexity index is 2180. The molecule has 1 amide bonds. The summed E-state index contributed by atoms with van der Waals surface area (Å²) in [5.74, 6) is -0.120. The van der Waals surface area contributed by atoms with Gasteiger partial charge in [0.1, 0.15) is 0 Å².